The van der Waals surface area contributed by atoms with E-state index < -0.39 is 0 Å². The van der Waals surface area contributed by atoms with Crippen LogP contribution >= 0.6 is 23.5 Å². The SMILES string of the molecule is C1=NCC(C2=NCCS2)S1. The first-order chi connectivity index (χ1) is 4.97. The molecule has 1 unspecified atom stereocenters. The van der Waals surface area contributed by atoms with Gasteiger partial charge in [0.25, 0.3) is 0 Å². The normalized spacial score (nSPS) is 31.2. The maximum atomic E-state index is 4.40. The summed E-state index contributed by atoms with van der Waals surface area (Å²) in [5.41, 5.74) is 1.94. The second kappa shape index (κ2) is 2.96. The van der Waals surface area contributed by atoms with Crippen molar-refractivity contribution in [2.75, 3.05) is 18.8 Å². The minimum Gasteiger partial charge on any atom is -0.285 e. The fourth-order valence-corrected chi connectivity index (χ4v) is 2.87. The lowest BCUT2D eigenvalue weighted by Crippen LogP contribution is -2.12. The molecule has 4 heteroatoms. The van der Waals surface area contributed by atoms with E-state index in [2.05, 4.69) is 9.98 Å². The molecule has 2 nitrogen and oxygen atoms in total. The summed E-state index contributed by atoms with van der Waals surface area (Å²) < 4.78 is 0. The van der Waals surface area contributed by atoms with Crippen LogP contribution in [0.25, 0.3) is 0 Å². The number of nitrogens with zero attached hydrogens (tertiary/aromatic N) is 2. The molecule has 2 aliphatic rings. The molecule has 0 aromatic rings. The second-order valence-electron chi connectivity index (χ2n) is 2.16. The van der Waals surface area contributed by atoms with Crippen molar-refractivity contribution >= 4 is 34.1 Å². The number of hydrogen-bond donors (Lipinski definition) is 0. The van der Waals surface area contributed by atoms with Gasteiger partial charge in [0.1, 0.15) is 0 Å². The lowest BCUT2D eigenvalue weighted by atomic mass is 10.4. The van der Waals surface area contributed by atoms with Gasteiger partial charge in [-0.05, 0) is 0 Å². The average molecular weight is 172 g/mol. The molecule has 0 fully saturated rings. The van der Waals surface area contributed by atoms with Crippen molar-refractivity contribution in [2.45, 2.75) is 5.25 Å². The molecular formula is C6H8N2S2. The third kappa shape index (κ3) is 1.22. The van der Waals surface area contributed by atoms with Crippen molar-refractivity contribution in [1.82, 2.24) is 0 Å². The Morgan fingerprint density at radius 3 is 3.20 bits per heavy atom. The molecule has 0 radical (unpaired) electrons. The first kappa shape index (κ1) is 6.73. The molecule has 0 spiro atoms. The van der Waals surface area contributed by atoms with Crippen molar-refractivity contribution in [3.05, 3.63) is 0 Å². The zero-order chi connectivity index (χ0) is 6.81. The minimum atomic E-state index is 0.562. The van der Waals surface area contributed by atoms with E-state index in [1.165, 1.54) is 10.8 Å². The lowest BCUT2D eigenvalue weighted by Gasteiger charge is -2.03. The van der Waals surface area contributed by atoms with E-state index in [4.69, 9.17) is 0 Å². The van der Waals surface area contributed by atoms with E-state index in [1.807, 2.05) is 17.3 Å². The average Bonchev–Trinajstić information content (AvgIpc) is 2.59. The van der Waals surface area contributed by atoms with Crippen molar-refractivity contribution in [3.8, 4) is 0 Å². The summed E-state index contributed by atoms with van der Waals surface area (Å²) in [7, 11) is 0. The van der Waals surface area contributed by atoms with E-state index in [1.54, 1.807) is 11.8 Å². The Bertz CT molecular complexity index is 180. The lowest BCUT2D eigenvalue weighted by molar-refractivity contribution is 1.08. The quantitative estimate of drug-likeness (QED) is 0.595. The van der Waals surface area contributed by atoms with Gasteiger partial charge in [-0.3, -0.25) is 9.98 Å². The zero-order valence-electron chi connectivity index (χ0n) is 5.49. The molecule has 0 saturated heterocycles. The van der Waals surface area contributed by atoms with Gasteiger partial charge in [0.05, 0.1) is 22.4 Å². The summed E-state index contributed by atoms with van der Waals surface area (Å²) in [6, 6.07) is 0. The number of rotatable bonds is 1. The van der Waals surface area contributed by atoms with Gasteiger partial charge in [0, 0.05) is 12.3 Å². The standard InChI is InChI=1S/C6H8N2S2/c1-2-9-6(8-1)5-3-7-4-10-5/h4-5H,1-3H2. The number of hydrogen-bond acceptors (Lipinski definition) is 4. The van der Waals surface area contributed by atoms with Gasteiger partial charge in [-0.1, -0.05) is 0 Å². The van der Waals surface area contributed by atoms with Crippen LogP contribution in [-0.4, -0.2) is 34.7 Å². The predicted octanol–water partition coefficient (Wildman–Crippen LogP) is 1.28. The van der Waals surface area contributed by atoms with Gasteiger partial charge in [-0.15, -0.1) is 23.5 Å². The molecule has 10 heavy (non-hydrogen) atoms. The summed E-state index contributed by atoms with van der Waals surface area (Å²) in [5, 5.41) is 1.87. The molecule has 0 amide bonds. The van der Waals surface area contributed by atoms with E-state index in [-0.39, 0.29) is 0 Å². The summed E-state index contributed by atoms with van der Waals surface area (Å²) in [6.07, 6.45) is 0. The highest BCUT2D eigenvalue weighted by Crippen LogP contribution is 2.25. The topological polar surface area (TPSA) is 24.7 Å². The van der Waals surface area contributed by atoms with Crippen LogP contribution in [0.3, 0.4) is 0 Å². The Labute approximate surface area is 68.6 Å². The van der Waals surface area contributed by atoms with Gasteiger partial charge in [-0.2, -0.15) is 0 Å². The maximum absolute atomic E-state index is 4.40. The molecule has 2 heterocycles. The Balaban J connectivity index is 1.99. The van der Waals surface area contributed by atoms with Crippen molar-refractivity contribution in [1.29, 1.82) is 0 Å². The Morgan fingerprint density at radius 2 is 2.60 bits per heavy atom. The van der Waals surface area contributed by atoms with E-state index in [9.17, 15) is 0 Å². The summed E-state index contributed by atoms with van der Waals surface area (Å²) >= 11 is 3.69. The van der Waals surface area contributed by atoms with Crippen LogP contribution in [0, 0.1) is 0 Å². The van der Waals surface area contributed by atoms with Crippen LogP contribution in [0.1, 0.15) is 0 Å². The van der Waals surface area contributed by atoms with Crippen LogP contribution in [0.5, 0.6) is 0 Å². The Hall–Kier alpha value is 0.0400. The third-order valence-corrected chi connectivity index (χ3v) is 3.67. The van der Waals surface area contributed by atoms with Gasteiger partial charge < -0.3 is 0 Å². The van der Waals surface area contributed by atoms with Crippen LogP contribution < -0.4 is 0 Å². The van der Waals surface area contributed by atoms with Crippen molar-refractivity contribution in [2.24, 2.45) is 9.98 Å². The van der Waals surface area contributed by atoms with E-state index in [0.717, 1.165) is 13.1 Å². The van der Waals surface area contributed by atoms with Crippen molar-refractivity contribution in [3.63, 3.8) is 0 Å². The van der Waals surface area contributed by atoms with Crippen LogP contribution in [0.2, 0.25) is 0 Å². The van der Waals surface area contributed by atoms with Gasteiger partial charge in [0.15, 0.2) is 0 Å². The monoisotopic (exact) mass is 172 g/mol. The molecule has 0 aliphatic carbocycles. The van der Waals surface area contributed by atoms with Crippen LogP contribution in [0.15, 0.2) is 9.98 Å². The molecule has 2 rings (SSSR count). The fraction of sp³-hybridized carbons (Fsp3) is 0.667. The highest BCUT2D eigenvalue weighted by atomic mass is 32.2. The maximum Gasteiger partial charge on any atom is 0.0830 e. The Kier molecular flexibility index (Phi) is 2.00. The molecule has 0 aromatic heterocycles. The molecule has 1 atom stereocenters. The van der Waals surface area contributed by atoms with E-state index >= 15 is 0 Å². The first-order valence-corrected chi connectivity index (χ1v) is 5.20. The summed E-state index contributed by atoms with van der Waals surface area (Å²) in [6.45, 7) is 1.95. The molecule has 2 aliphatic heterocycles. The minimum absolute atomic E-state index is 0.562. The van der Waals surface area contributed by atoms with Crippen LogP contribution in [0.4, 0.5) is 0 Å². The highest BCUT2D eigenvalue weighted by Gasteiger charge is 2.21. The van der Waals surface area contributed by atoms with Gasteiger partial charge in [-0.25, -0.2) is 0 Å². The molecule has 0 bridgehead atoms. The first-order valence-electron chi connectivity index (χ1n) is 3.28. The van der Waals surface area contributed by atoms with Crippen LogP contribution in [-0.2, 0) is 0 Å². The van der Waals surface area contributed by atoms with E-state index in [0.29, 0.717) is 5.25 Å². The molecule has 0 N–H and O–H groups in total. The molecule has 0 saturated carbocycles. The molecule has 54 valence electrons. The number of thioether (sulfide) groups is 2. The molecule has 0 aromatic carbocycles. The van der Waals surface area contributed by atoms with Crippen molar-refractivity contribution < 1.29 is 0 Å². The highest BCUT2D eigenvalue weighted by molar-refractivity contribution is 8.19. The number of aliphatic imine (C=N–C) groups is 2. The summed E-state index contributed by atoms with van der Waals surface area (Å²) in [4.78, 5) is 8.55. The summed E-state index contributed by atoms with van der Waals surface area (Å²) in [5.74, 6) is 1.17. The predicted molar refractivity (Wildman–Crippen MR) is 49.5 cm³/mol. The Morgan fingerprint density at radius 1 is 1.60 bits per heavy atom. The van der Waals surface area contributed by atoms with Gasteiger partial charge >= 0.3 is 0 Å². The molecular weight excluding hydrogens is 164 g/mol. The smallest absolute Gasteiger partial charge is 0.0830 e. The third-order valence-electron chi connectivity index (χ3n) is 1.46. The fourth-order valence-electron chi connectivity index (χ4n) is 0.981. The van der Waals surface area contributed by atoms with Gasteiger partial charge in [0.2, 0.25) is 0 Å². The largest absolute Gasteiger partial charge is 0.285 e. The second-order valence-corrected chi connectivity index (χ2v) is 4.33. The zero-order valence-corrected chi connectivity index (χ0v) is 7.12.